The number of para-hydroxylation sites is 3. The topological polar surface area (TPSA) is 27.7 Å². The lowest BCUT2D eigenvalue weighted by atomic mass is 10.1. The van der Waals surface area contributed by atoms with Crippen LogP contribution in [-0.2, 0) is 5.88 Å². The molecule has 0 radical (unpaired) electrons. The van der Waals surface area contributed by atoms with Crippen LogP contribution in [0.3, 0.4) is 0 Å². The number of alkyl halides is 1. The zero-order chi connectivity index (χ0) is 19.9. The Balaban J connectivity index is 1.74. The SMILES string of the molecule is ClCc1c(Oc2ccccc2)cc(Oc2ccccc2)cc1Oc1ccccc1. The van der Waals surface area contributed by atoms with Crippen molar-refractivity contribution in [2.75, 3.05) is 0 Å². The van der Waals surface area contributed by atoms with E-state index in [0.29, 0.717) is 28.7 Å². The largest absolute Gasteiger partial charge is 0.457 e. The van der Waals surface area contributed by atoms with Gasteiger partial charge in [-0.15, -0.1) is 11.6 Å². The Hall–Kier alpha value is -3.43. The van der Waals surface area contributed by atoms with E-state index < -0.39 is 0 Å². The first-order valence-corrected chi connectivity index (χ1v) is 9.77. The van der Waals surface area contributed by atoms with Gasteiger partial charge in [0.25, 0.3) is 0 Å². The van der Waals surface area contributed by atoms with E-state index in [2.05, 4.69) is 0 Å². The first-order chi connectivity index (χ1) is 14.3. The van der Waals surface area contributed by atoms with Crippen molar-refractivity contribution in [1.29, 1.82) is 0 Å². The Morgan fingerprint density at radius 2 is 0.862 bits per heavy atom. The van der Waals surface area contributed by atoms with Gasteiger partial charge in [-0.05, 0) is 36.4 Å². The molecule has 0 N–H and O–H groups in total. The number of hydrogen-bond donors (Lipinski definition) is 0. The van der Waals surface area contributed by atoms with E-state index in [0.717, 1.165) is 11.3 Å². The predicted octanol–water partition coefficient (Wildman–Crippen LogP) is 7.80. The van der Waals surface area contributed by atoms with Crippen LogP contribution in [0.4, 0.5) is 0 Å². The van der Waals surface area contributed by atoms with Crippen molar-refractivity contribution in [3.05, 3.63) is 109 Å². The molecule has 3 nitrogen and oxygen atoms in total. The molecule has 0 unspecified atom stereocenters. The molecule has 4 aromatic rings. The van der Waals surface area contributed by atoms with Crippen LogP contribution in [0.5, 0.6) is 34.5 Å². The highest BCUT2D eigenvalue weighted by Gasteiger charge is 2.16. The summed E-state index contributed by atoms with van der Waals surface area (Å²) in [6.07, 6.45) is 0. The second-order valence-corrected chi connectivity index (χ2v) is 6.54. The zero-order valence-electron chi connectivity index (χ0n) is 15.6. The molecule has 29 heavy (non-hydrogen) atoms. The van der Waals surface area contributed by atoms with E-state index in [9.17, 15) is 0 Å². The Kier molecular flexibility index (Phi) is 5.98. The average molecular weight is 403 g/mol. The lowest BCUT2D eigenvalue weighted by molar-refractivity contribution is 0.434. The Morgan fingerprint density at radius 1 is 0.483 bits per heavy atom. The molecule has 4 rings (SSSR count). The minimum atomic E-state index is 0.232. The van der Waals surface area contributed by atoms with Crippen molar-refractivity contribution < 1.29 is 14.2 Å². The molecule has 0 aliphatic carbocycles. The second kappa shape index (κ2) is 9.18. The fraction of sp³-hybridized carbons (Fsp3) is 0.0400. The van der Waals surface area contributed by atoms with Gasteiger partial charge in [0.2, 0.25) is 0 Å². The summed E-state index contributed by atoms with van der Waals surface area (Å²) in [5.74, 6) is 4.15. The molecule has 0 aliphatic heterocycles. The van der Waals surface area contributed by atoms with E-state index in [1.54, 1.807) is 0 Å². The van der Waals surface area contributed by atoms with Crippen molar-refractivity contribution in [1.82, 2.24) is 0 Å². The predicted molar refractivity (Wildman–Crippen MR) is 116 cm³/mol. The summed E-state index contributed by atoms with van der Waals surface area (Å²) >= 11 is 6.28. The number of rotatable bonds is 7. The first-order valence-electron chi connectivity index (χ1n) is 9.23. The Morgan fingerprint density at radius 3 is 1.24 bits per heavy atom. The quantitative estimate of drug-likeness (QED) is 0.295. The third-order valence-corrected chi connectivity index (χ3v) is 4.46. The van der Waals surface area contributed by atoms with Gasteiger partial charge in [-0.2, -0.15) is 0 Å². The van der Waals surface area contributed by atoms with Crippen LogP contribution in [0.1, 0.15) is 5.56 Å². The van der Waals surface area contributed by atoms with Crippen molar-refractivity contribution in [2.45, 2.75) is 5.88 Å². The molecule has 144 valence electrons. The molecular formula is C25H19ClO3. The van der Waals surface area contributed by atoms with Gasteiger partial charge in [0, 0.05) is 12.1 Å². The normalized spacial score (nSPS) is 10.4. The van der Waals surface area contributed by atoms with Crippen LogP contribution in [0.2, 0.25) is 0 Å². The van der Waals surface area contributed by atoms with Gasteiger partial charge in [-0.1, -0.05) is 54.6 Å². The van der Waals surface area contributed by atoms with Gasteiger partial charge in [-0.25, -0.2) is 0 Å². The van der Waals surface area contributed by atoms with E-state index in [1.807, 2.05) is 103 Å². The first kappa shape index (κ1) is 18.9. The molecule has 0 atom stereocenters. The summed E-state index contributed by atoms with van der Waals surface area (Å²) in [5.41, 5.74) is 0.750. The molecule has 0 aromatic heterocycles. The minimum absolute atomic E-state index is 0.232. The smallest absolute Gasteiger partial charge is 0.139 e. The molecule has 0 aliphatic rings. The fourth-order valence-corrected chi connectivity index (χ4v) is 3.09. The third kappa shape index (κ3) is 4.89. The van der Waals surface area contributed by atoms with Gasteiger partial charge in [0.15, 0.2) is 0 Å². The highest BCUT2D eigenvalue weighted by molar-refractivity contribution is 6.17. The maximum Gasteiger partial charge on any atom is 0.139 e. The summed E-state index contributed by atoms with van der Waals surface area (Å²) in [6.45, 7) is 0. The minimum Gasteiger partial charge on any atom is -0.457 e. The van der Waals surface area contributed by atoms with E-state index in [1.165, 1.54) is 0 Å². The van der Waals surface area contributed by atoms with Gasteiger partial charge in [0.1, 0.15) is 34.5 Å². The third-order valence-electron chi connectivity index (χ3n) is 4.20. The van der Waals surface area contributed by atoms with Gasteiger partial charge < -0.3 is 14.2 Å². The molecule has 0 fully saturated rings. The molecule has 0 amide bonds. The average Bonchev–Trinajstić information content (AvgIpc) is 2.76. The summed E-state index contributed by atoms with van der Waals surface area (Å²) in [7, 11) is 0. The van der Waals surface area contributed by atoms with Crippen LogP contribution in [0, 0.1) is 0 Å². The van der Waals surface area contributed by atoms with Gasteiger partial charge >= 0.3 is 0 Å². The fourth-order valence-electron chi connectivity index (χ4n) is 2.82. The lowest BCUT2D eigenvalue weighted by Gasteiger charge is -2.17. The number of ether oxygens (including phenoxy) is 3. The summed E-state index contributed by atoms with van der Waals surface area (Å²) < 4.78 is 18.3. The Labute approximate surface area is 175 Å². The van der Waals surface area contributed by atoms with Crippen LogP contribution in [-0.4, -0.2) is 0 Å². The lowest BCUT2D eigenvalue weighted by Crippen LogP contribution is -1.96. The molecule has 0 saturated heterocycles. The zero-order valence-corrected chi connectivity index (χ0v) is 16.4. The van der Waals surface area contributed by atoms with Gasteiger partial charge in [-0.3, -0.25) is 0 Å². The van der Waals surface area contributed by atoms with Crippen molar-refractivity contribution >= 4 is 11.6 Å². The maximum atomic E-state index is 6.28. The maximum absolute atomic E-state index is 6.28. The molecule has 4 aromatic carbocycles. The van der Waals surface area contributed by atoms with Crippen molar-refractivity contribution in [2.24, 2.45) is 0 Å². The molecule has 0 spiro atoms. The van der Waals surface area contributed by atoms with E-state index >= 15 is 0 Å². The highest BCUT2D eigenvalue weighted by Crippen LogP contribution is 2.40. The number of hydrogen-bond acceptors (Lipinski definition) is 3. The summed E-state index contributed by atoms with van der Waals surface area (Å²) in [5, 5.41) is 0. The van der Waals surface area contributed by atoms with Crippen LogP contribution < -0.4 is 14.2 Å². The van der Waals surface area contributed by atoms with Crippen molar-refractivity contribution in [3.8, 4) is 34.5 Å². The summed E-state index contributed by atoms with van der Waals surface area (Å²) in [4.78, 5) is 0. The van der Waals surface area contributed by atoms with Crippen LogP contribution in [0.25, 0.3) is 0 Å². The molecule has 4 heteroatoms. The highest BCUT2D eigenvalue weighted by atomic mass is 35.5. The molecule has 0 heterocycles. The Bertz CT molecular complexity index is 989. The monoisotopic (exact) mass is 402 g/mol. The summed E-state index contributed by atoms with van der Waals surface area (Å²) in [6, 6.07) is 32.3. The van der Waals surface area contributed by atoms with Gasteiger partial charge in [0.05, 0.1) is 11.4 Å². The van der Waals surface area contributed by atoms with Crippen LogP contribution in [0.15, 0.2) is 103 Å². The van der Waals surface area contributed by atoms with Crippen molar-refractivity contribution in [3.63, 3.8) is 0 Å². The number of halogens is 1. The molecule has 0 saturated carbocycles. The van der Waals surface area contributed by atoms with E-state index in [-0.39, 0.29) is 5.88 Å². The van der Waals surface area contributed by atoms with Crippen LogP contribution >= 0.6 is 11.6 Å². The molecular weight excluding hydrogens is 384 g/mol. The molecule has 0 bridgehead atoms. The standard InChI is InChI=1S/C25H19ClO3/c26-18-23-24(28-20-12-6-2-7-13-20)16-22(27-19-10-4-1-5-11-19)17-25(23)29-21-14-8-3-9-15-21/h1-17H,18H2. The van der Waals surface area contributed by atoms with E-state index in [4.69, 9.17) is 25.8 Å². The second-order valence-electron chi connectivity index (χ2n) is 6.28. The number of benzene rings is 4.